The molecule has 0 aliphatic rings. The van der Waals surface area contributed by atoms with Gasteiger partial charge in [-0.05, 0) is 19.1 Å². The normalized spacial score (nSPS) is 10.9. The van der Waals surface area contributed by atoms with Crippen LogP contribution in [0.4, 0.5) is 0 Å². The highest BCUT2D eigenvalue weighted by Gasteiger charge is 2.12. The Balaban J connectivity index is 2.35. The second-order valence-corrected chi connectivity index (χ2v) is 4.81. The fourth-order valence-corrected chi connectivity index (χ4v) is 2.20. The van der Waals surface area contributed by atoms with E-state index in [2.05, 4.69) is 0 Å². The highest BCUT2D eigenvalue weighted by Crippen LogP contribution is 2.24. The lowest BCUT2D eigenvalue weighted by atomic mass is 10.1. The molecule has 4 nitrogen and oxygen atoms in total. The van der Waals surface area contributed by atoms with E-state index in [4.69, 9.17) is 20.4 Å². The third-order valence-corrected chi connectivity index (χ3v) is 3.11. The lowest BCUT2D eigenvalue weighted by molar-refractivity contribution is 0.482. The van der Waals surface area contributed by atoms with Crippen molar-refractivity contribution >= 4 is 22.6 Å². The summed E-state index contributed by atoms with van der Waals surface area (Å²) in [7, 11) is 0. The fraction of sp³-hybridized carbons (Fsp3) is 0.0667. The van der Waals surface area contributed by atoms with Crippen molar-refractivity contribution in [1.82, 2.24) is 0 Å². The first-order valence-corrected chi connectivity index (χ1v) is 6.27. The molecular formula is C15H9ClO4. The van der Waals surface area contributed by atoms with Crippen LogP contribution >= 0.6 is 11.6 Å². The molecule has 2 heterocycles. The molecule has 0 unspecified atom stereocenters. The van der Waals surface area contributed by atoms with Crippen molar-refractivity contribution in [3.05, 3.63) is 67.8 Å². The summed E-state index contributed by atoms with van der Waals surface area (Å²) in [5.74, 6) is 0.740. The zero-order chi connectivity index (χ0) is 14.3. The summed E-state index contributed by atoms with van der Waals surface area (Å²) in [6.45, 7) is 1.62. The second-order valence-electron chi connectivity index (χ2n) is 4.37. The van der Waals surface area contributed by atoms with E-state index in [-0.39, 0.29) is 11.0 Å². The third kappa shape index (κ3) is 2.14. The monoisotopic (exact) mass is 288 g/mol. The Morgan fingerprint density at radius 1 is 1.05 bits per heavy atom. The van der Waals surface area contributed by atoms with Crippen LogP contribution in [-0.4, -0.2) is 0 Å². The first-order chi connectivity index (χ1) is 9.54. The predicted octanol–water partition coefficient (Wildman–Crippen LogP) is 3.38. The SMILES string of the molecule is Cc1cc2oc(-c3cccc(Cl)c3)cc(=O)c2c(=O)o1. The number of rotatable bonds is 1. The molecule has 0 amide bonds. The van der Waals surface area contributed by atoms with E-state index >= 15 is 0 Å². The Bertz CT molecular complexity index is 921. The van der Waals surface area contributed by atoms with Crippen LogP contribution in [-0.2, 0) is 0 Å². The molecule has 0 aliphatic carbocycles. The highest BCUT2D eigenvalue weighted by molar-refractivity contribution is 6.30. The lowest BCUT2D eigenvalue weighted by Crippen LogP contribution is -2.12. The number of fused-ring (bicyclic) bond motifs is 1. The minimum absolute atomic E-state index is 0.0821. The van der Waals surface area contributed by atoms with Crippen molar-refractivity contribution in [2.75, 3.05) is 0 Å². The summed E-state index contributed by atoms with van der Waals surface area (Å²) >= 11 is 5.92. The number of halogens is 1. The maximum Gasteiger partial charge on any atom is 0.351 e. The maximum absolute atomic E-state index is 12.0. The van der Waals surface area contributed by atoms with E-state index < -0.39 is 11.1 Å². The number of aryl methyl sites for hydroxylation is 1. The number of hydrogen-bond donors (Lipinski definition) is 0. The Labute approximate surface area is 118 Å². The van der Waals surface area contributed by atoms with Gasteiger partial charge in [0.05, 0.1) is 0 Å². The molecular weight excluding hydrogens is 280 g/mol. The average Bonchev–Trinajstić information content (AvgIpc) is 2.37. The van der Waals surface area contributed by atoms with Gasteiger partial charge in [0.2, 0.25) is 5.43 Å². The van der Waals surface area contributed by atoms with Crippen molar-refractivity contribution < 1.29 is 8.83 Å². The van der Waals surface area contributed by atoms with Crippen LogP contribution in [0.1, 0.15) is 5.76 Å². The van der Waals surface area contributed by atoms with Gasteiger partial charge in [-0.15, -0.1) is 0 Å². The van der Waals surface area contributed by atoms with Gasteiger partial charge in [-0.1, -0.05) is 23.7 Å². The molecule has 1 aromatic carbocycles. The highest BCUT2D eigenvalue weighted by atomic mass is 35.5. The average molecular weight is 289 g/mol. The van der Waals surface area contributed by atoms with Gasteiger partial charge in [0.25, 0.3) is 0 Å². The fourth-order valence-electron chi connectivity index (χ4n) is 2.01. The minimum Gasteiger partial charge on any atom is -0.455 e. The van der Waals surface area contributed by atoms with Gasteiger partial charge in [-0.3, -0.25) is 4.79 Å². The van der Waals surface area contributed by atoms with Crippen LogP contribution in [0.15, 0.2) is 54.8 Å². The van der Waals surface area contributed by atoms with Crippen LogP contribution in [0.3, 0.4) is 0 Å². The minimum atomic E-state index is -0.689. The molecule has 0 saturated heterocycles. The van der Waals surface area contributed by atoms with Gasteiger partial charge in [0.1, 0.15) is 17.1 Å². The summed E-state index contributed by atoms with van der Waals surface area (Å²) in [5.41, 5.74) is -0.245. The molecule has 3 aromatic rings. The van der Waals surface area contributed by atoms with Gasteiger partial charge >= 0.3 is 5.63 Å². The van der Waals surface area contributed by atoms with E-state index in [1.165, 1.54) is 12.1 Å². The molecule has 0 atom stereocenters. The summed E-state index contributed by atoms with van der Waals surface area (Å²) < 4.78 is 10.5. The van der Waals surface area contributed by atoms with Crippen LogP contribution in [0.5, 0.6) is 0 Å². The van der Waals surface area contributed by atoms with Crippen LogP contribution < -0.4 is 11.1 Å². The summed E-state index contributed by atoms with van der Waals surface area (Å²) in [6, 6.07) is 9.72. The molecule has 0 saturated carbocycles. The number of hydrogen-bond acceptors (Lipinski definition) is 4. The maximum atomic E-state index is 12.0. The van der Waals surface area contributed by atoms with Gasteiger partial charge in [-0.25, -0.2) is 4.79 Å². The van der Waals surface area contributed by atoms with Crippen molar-refractivity contribution in [3.63, 3.8) is 0 Å². The molecule has 0 spiro atoms. The van der Waals surface area contributed by atoms with E-state index in [1.54, 1.807) is 31.2 Å². The Morgan fingerprint density at radius 2 is 1.85 bits per heavy atom. The van der Waals surface area contributed by atoms with Gasteiger partial charge in [-0.2, -0.15) is 0 Å². The molecule has 20 heavy (non-hydrogen) atoms. The standard InChI is InChI=1S/C15H9ClO4/c1-8-5-13-14(15(18)19-8)11(17)7-12(20-13)9-3-2-4-10(16)6-9/h2-7H,1H3. The largest absolute Gasteiger partial charge is 0.455 e. The zero-order valence-electron chi connectivity index (χ0n) is 10.5. The summed E-state index contributed by atoms with van der Waals surface area (Å²) in [5, 5.41) is 0.454. The lowest BCUT2D eigenvalue weighted by Gasteiger charge is -2.03. The predicted molar refractivity (Wildman–Crippen MR) is 76.2 cm³/mol. The van der Waals surface area contributed by atoms with Crippen LogP contribution in [0.2, 0.25) is 5.02 Å². The van der Waals surface area contributed by atoms with Gasteiger partial charge < -0.3 is 8.83 Å². The van der Waals surface area contributed by atoms with Crippen molar-refractivity contribution in [2.45, 2.75) is 6.92 Å². The molecule has 0 N–H and O–H groups in total. The first kappa shape index (κ1) is 12.7. The molecule has 100 valence electrons. The van der Waals surface area contributed by atoms with Crippen molar-refractivity contribution in [2.24, 2.45) is 0 Å². The van der Waals surface area contributed by atoms with E-state index in [0.29, 0.717) is 22.1 Å². The van der Waals surface area contributed by atoms with E-state index in [0.717, 1.165) is 0 Å². The first-order valence-electron chi connectivity index (χ1n) is 5.89. The molecule has 0 radical (unpaired) electrons. The Hall–Kier alpha value is -2.33. The molecule has 3 rings (SSSR count). The van der Waals surface area contributed by atoms with Crippen LogP contribution in [0.25, 0.3) is 22.3 Å². The number of benzene rings is 1. The molecule has 0 bridgehead atoms. The van der Waals surface area contributed by atoms with E-state index in [1.807, 2.05) is 0 Å². The second kappa shape index (κ2) is 4.65. The van der Waals surface area contributed by atoms with Gasteiger partial charge in [0, 0.05) is 22.7 Å². The topological polar surface area (TPSA) is 60.4 Å². The third-order valence-electron chi connectivity index (χ3n) is 2.88. The van der Waals surface area contributed by atoms with E-state index in [9.17, 15) is 9.59 Å². The molecule has 2 aromatic heterocycles. The molecule has 0 aliphatic heterocycles. The molecule has 5 heteroatoms. The van der Waals surface area contributed by atoms with Crippen molar-refractivity contribution in [1.29, 1.82) is 0 Å². The van der Waals surface area contributed by atoms with Crippen LogP contribution in [0, 0.1) is 6.92 Å². The van der Waals surface area contributed by atoms with Crippen molar-refractivity contribution in [3.8, 4) is 11.3 Å². The smallest absolute Gasteiger partial charge is 0.351 e. The molecule has 0 fully saturated rings. The quantitative estimate of drug-likeness (QED) is 0.689. The van der Waals surface area contributed by atoms with Gasteiger partial charge in [0.15, 0.2) is 5.39 Å². The summed E-state index contributed by atoms with van der Waals surface area (Å²) in [6.07, 6.45) is 0. The zero-order valence-corrected chi connectivity index (χ0v) is 11.2. The summed E-state index contributed by atoms with van der Waals surface area (Å²) in [4.78, 5) is 23.7. The Morgan fingerprint density at radius 3 is 2.60 bits per heavy atom. The Kier molecular flexibility index (Phi) is 2.95.